The molecular formula is C13H19ClN2O4S. The fourth-order valence-electron chi connectivity index (χ4n) is 1.60. The second-order valence-electron chi connectivity index (χ2n) is 4.28. The van der Waals surface area contributed by atoms with Crippen LogP contribution in [-0.4, -0.2) is 41.1 Å². The van der Waals surface area contributed by atoms with E-state index in [1.54, 1.807) is 0 Å². The van der Waals surface area contributed by atoms with E-state index < -0.39 is 16.0 Å². The van der Waals surface area contributed by atoms with Gasteiger partial charge in [0.15, 0.2) is 0 Å². The SMILES string of the molecule is CCCNCCNS(=O)(=O)c1ccc(C(=O)OC)c(Cl)c1. The summed E-state index contributed by atoms with van der Waals surface area (Å²) < 4.78 is 31.1. The Morgan fingerprint density at radius 2 is 2.00 bits per heavy atom. The van der Waals surface area contributed by atoms with Gasteiger partial charge in [-0.2, -0.15) is 0 Å². The second-order valence-corrected chi connectivity index (χ2v) is 6.46. The molecule has 0 aliphatic carbocycles. The number of hydrogen-bond acceptors (Lipinski definition) is 5. The zero-order valence-corrected chi connectivity index (χ0v) is 13.6. The zero-order chi connectivity index (χ0) is 15.9. The van der Waals surface area contributed by atoms with Crippen LogP contribution < -0.4 is 10.0 Å². The molecule has 0 amide bonds. The molecule has 1 aromatic carbocycles. The molecule has 0 atom stereocenters. The quantitative estimate of drug-likeness (QED) is 0.554. The van der Waals surface area contributed by atoms with Crippen molar-refractivity contribution in [2.75, 3.05) is 26.7 Å². The van der Waals surface area contributed by atoms with Crippen LogP contribution in [-0.2, 0) is 14.8 Å². The lowest BCUT2D eigenvalue weighted by atomic mass is 10.2. The molecule has 0 fully saturated rings. The van der Waals surface area contributed by atoms with E-state index in [0.29, 0.717) is 6.54 Å². The number of carbonyl (C=O) groups is 1. The molecule has 0 saturated heterocycles. The van der Waals surface area contributed by atoms with Gasteiger partial charge in [-0.05, 0) is 31.2 Å². The van der Waals surface area contributed by atoms with Gasteiger partial charge in [-0.3, -0.25) is 0 Å². The van der Waals surface area contributed by atoms with Crippen molar-refractivity contribution in [3.63, 3.8) is 0 Å². The number of ether oxygens (including phenoxy) is 1. The summed E-state index contributed by atoms with van der Waals surface area (Å²) in [4.78, 5) is 11.4. The van der Waals surface area contributed by atoms with Crippen LogP contribution in [0.1, 0.15) is 23.7 Å². The van der Waals surface area contributed by atoms with Crippen LogP contribution in [0.15, 0.2) is 23.1 Å². The first kappa shape index (κ1) is 17.9. The number of carbonyl (C=O) groups excluding carboxylic acids is 1. The Labute approximate surface area is 129 Å². The van der Waals surface area contributed by atoms with E-state index in [4.69, 9.17) is 11.6 Å². The maximum absolute atomic E-state index is 12.1. The van der Waals surface area contributed by atoms with Crippen LogP contribution in [0.25, 0.3) is 0 Å². The highest BCUT2D eigenvalue weighted by molar-refractivity contribution is 7.89. The lowest BCUT2D eigenvalue weighted by Crippen LogP contribution is -2.32. The Hall–Kier alpha value is -1.15. The molecule has 0 aliphatic heterocycles. The number of benzene rings is 1. The van der Waals surface area contributed by atoms with Gasteiger partial charge >= 0.3 is 5.97 Å². The highest BCUT2D eigenvalue weighted by Gasteiger charge is 2.17. The van der Waals surface area contributed by atoms with Gasteiger partial charge in [-0.25, -0.2) is 17.9 Å². The average Bonchev–Trinajstić information content (AvgIpc) is 2.46. The van der Waals surface area contributed by atoms with E-state index in [2.05, 4.69) is 14.8 Å². The molecule has 0 spiro atoms. The van der Waals surface area contributed by atoms with Gasteiger partial charge < -0.3 is 10.1 Å². The van der Waals surface area contributed by atoms with Crippen molar-refractivity contribution in [3.8, 4) is 0 Å². The van der Waals surface area contributed by atoms with E-state index in [1.807, 2.05) is 6.92 Å². The summed E-state index contributed by atoms with van der Waals surface area (Å²) in [5.41, 5.74) is 0.128. The normalized spacial score (nSPS) is 11.4. The Balaban J connectivity index is 2.75. The fraction of sp³-hybridized carbons (Fsp3) is 0.462. The lowest BCUT2D eigenvalue weighted by Gasteiger charge is -2.09. The summed E-state index contributed by atoms with van der Waals surface area (Å²) in [6, 6.07) is 3.88. The van der Waals surface area contributed by atoms with Crippen molar-refractivity contribution < 1.29 is 17.9 Å². The number of methoxy groups -OCH3 is 1. The monoisotopic (exact) mass is 334 g/mol. The van der Waals surface area contributed by atoms with Crippen molar-refractivity contribution in [1.29, 1.82) is 0 Å². The largest absolute Gasteiger partial charge is 0.465 e. The van der Waals surface area contributed by atoms with Gasteiger partial charge in [0.1, 0.15) is 0 Å². The first-order valence-electron chi connectivity index (χ1n) is 6.50. The minimum Gasteiger partial charge on any atom is -0.465 e. The highest BCUT2D eigenvalue weighted by Crippen LogP contribution is 2.21. The molecule has 0 heterocycles. The number of hydrogen-bond donors (Lipinski definition) is 2. The Bertz CT molecular complexity index is 590. The average molecular weight is 335 g/mol. The summed E-state index contributed by atoms with van der Waals surface area (Å²) >= 11 is 5.91. The van der Waals surface area contributed by atoms with Gasteiger partial charge in [0, 0.05) is 13.1 Å². The van der Waals surface area contributed by atoms with E-state index >= 15 is 0 Å². The Morgan fingerprint density at radius 3 is 2.57 bits per heavy atom. The van der Waals surface area contributed by atoms with Crippen molar-refractivity contribution in [1.82, 2.24) is 10.0 Å². The van der Waals surface area contributed by atoms with Crippen molar-refractivity contribution >= 4 is 27.6 Å². The third kappa shape index (κ3) is 5.28. The summed E-state index contributed by atoms with van der Waals surface area (Å²) in [6.45, 7) is 3.68. The van der Waals surface area contributed by atoms with Crippen LogP contribution in [0.4, 0.5) is 0 Å². The number of sulfonamides is 1. The Kier molecular flexibility index (Phi) is 7.10. The standard InChI is InChI=1S/C13H19ClN2O4S/c1-3-6-15-7-8-16-21(18,19)10-4-5-11(12(14)9-10)13(17)20-2/h4-5,9,15-16H,3,6-8H2,1-2H3. The Morgan fingerprint density at radius 1 is 1.29 bits per heavy atom. The highest BCUT2D eigenvalue weighted by atomic mass is 35.5. The minimum atomic E-state index is -3.65. The molecule has 0 saturated carbocycles. The van der Waals surface area contributed by atoms with Crippen LogP contribution in [0.5, 0.6) is 0 Å². The number of halogens is 1. The first-order valence-corrected chi connectivity index (χ1v) is 8.36. The van der Waals surface area contributed by atoms with E-state index in [-0.39, 0.29) is 22.0 Å². The molecule has 0 radical (unpaired) electrons. The molecule has 2 N–H and O–H groups in total. The third-order valence-corrected chi connectivity index (χ3v) is 4.45. The predicted octanol–water partition coefficient (Wildman–Crippen LogP) is 1.40. The van der Waals surface area contributed by atoms with Crippen LogP contribution in [0, 0.1) is 0 Å². The summed E-state index contributed by atoms with van der Waals surface area (Å²) in [7, 11) is -2.42. The molecule has 1 aromatic rings. The second kappa shape index (κ2) is 8.33. The van der Waals surface area contributed by atoms with Crippen molar-refractivity contribution in [3.05, 3.63) is 28.8 Å². The molecule has 0 bridgehead atoms. The van der Waals surface area contributed by atoms with Crippen molar-refractivity contribution in [2.45, 2.75) is 18.2 Å². The summed E-state index contributed by atoms with van der Waals surface area (Å²) in [5.74, 6) is -0.610. The molecule has 0 unspecified atom stereocenters. The predicted molar refractivity (Wildman–Crippen MR) is 81.1 cm³/mol. The van der Waals surface area contributed by atoms with Crippen LogP contribution in [0.3, 0.4) is 0 Å². The molecular weight excluding hydrogens is 316 g/mol. The molecule has 6 nitrogen and oxygen atoms in total. The van der Waals surface area contributed by atoms with Gasteiger partial charge in [-0.1, -0.05) is 18.5 Å². The number of nitrogens with one attached hydrogen (secondary N) is 2. The molecule has 0 aromatic heterocycles. The van der Waals surface area contributed by atoms with Crippen molar-refractivity contribution in [2.24, 2.45) is 0 Å². The molecule has 0 aliphatic rings. The van der Waals surface area contributed by atoms with E-state index in [9.17, 15) is 13.2 Å². The summed E-state index contributed by atoms with van der Waals surface area (Å²) in [6.07, 6.45) is 0.983. The minimum absolute atomic E-state index is 0.00986. The van der Waals surface area contributed by atoms with Crippen LogP contribution >= 0.6 is 11.6 Å². The van der Waals surface area contributed by atoms with Crippen LogP contribution in [0.2, 0.25) is 5.02 Å². The van der Waals surface area contributed by atoms with Gasteiger partial charge in [0.25, 0.3) is 0 Å². The lowest BCUT2D eigenvalue weighted by molar-refractivity contribution is 0.0601. The number of rotatable bonds is 8. The molecule has 21 heavy (non-hydrogen) atoms. The topological polar surface area (TPSA) is 84.5 Å². The van der Waals surface area contributed by atoms with Gasteiger partial charge in [-0.15, -0.1) is 0 Å². The maximum atomic E-state index is 12.1. The van der Waals surface area contributed by atoms with E-state index in [1.165, 1.54) is 25.3 Å². The molecule has 1 rings (SSSR count). The molecule has 8 heteroatoms. The number of esters is 1. The smallest absolute Gasteiger partial charge is 0.339 e. The van der Waals surface area contributed by atoms with Gasteiger partial charge in [0.05, 0.1) is 22.6 Å². The third-order valence-electron chi connectivity index (χ3n) is 2.68. The first-order chi connectivity index (χ1) is 9.92. The maximum Gasteiger partial charge on any atom is 0.339 e. The zero-order valence-electron chi connectivity index (χ0n) is 12.0. The van der Waals surface area contributed by atoms with Gasteiger partial charge in [0.2, 0.25) is 10.0 Å². The molecule has 118 valence electrons. The fourth-order valence-corrected chi connectivity index (χ4v) is 2.98. The summed E-state index contributed by atoms with van der Waals surface area (Å²) in [5, 5.41) is 3.12. The van der Waals surface area contributed by atoms with E-state index in [0.717, 1.165) is 13.0 Å².